The van der Waals surface area contributed by atoms with Gasteiger partial charge in [0, 0.05) is 11.3 Å². The Morgan fingerprint density at radius 3 is 2.35 bits per heavy atom. The average Bonchev–Trinajstić information content (AvgIpc) is 2.62. The summed E-state index contributed by atoms with van der Waals surface area (Å²) in [5, 5.41) is 5.27. The number of ether oxygens (including phenoxy) is 1. The highest BCUT2D eigenvalue weighted by Crippen LogP contribution is 2.22. The van der Waals surface area contributed by atoms with Crippen LogP contribution in [-0.2, 0) is 14.3 Å². The molecule has 0 fully saturated rings. The monoisotopic (exact) mass is 398 g/mol. The number of hydrogen-bond donors (Lipinski definition) is 2. The van der Waals surface area contributed by atoms with Gasteiger partial charge in [0.15, 0.2) is 6.61 Å². The lowest BCUT2D eigenvalue weighted by Gasteiger charge is -2.08. The molecule has 0 aromatic heterocycles. The van der Waals surface area contributed by atoms with Crippen molar-refractivity contribution < 1.29 is 23.5 Å². The molecule has 6 nitrogen and oxygen atoms in total. The van der Waals surface area contributed by atoms with Crippen LogP contribution in [0.5, 0.6) is 0 Å². The van der Waals surface area contributed by atoms with Crippen molar-refractivity contribution in [2.45, 2.75) is 0 Å². The van der Waals surface area contributed by atoms with Gasteiger partial charge >= 0.3 is 5.97 Å². The molecule has 0 heterocycles. The third-order valence-corrected chi connectivity index (χ3v) is 3.81. The van der Waals surface area contributed by atoms with Gasteiger partial charge in [0.05, 0.1) is 10.0 Å². The molecule has 0 aliphatic carbocycles. The molecule has 0 aliphatic heterocycles. The van der Waals surface area contributed by atoms with Crippen molar-refractivity contribution in [2.75, 3.05) is 18.5 Å². The Balaban J connectivity index is 1.74. The van der Waals surface area contributed by atoms with E-state index in [0.29, 0.717) is 10.7 Å². The molecule has 0 unspecified atom stereocenters. The highest BCUT2D eigenvalue weighted by atomic mass is 35.5. The van der Waals surface area contributed by atoms with Crippen LogP contribution in [0.15, 0.2) is 42.5 Å². The first-order valence-electron chi connectivity index (χ1n) is 7.29. The Labute approximate surface area is 158 Å². The van der Waals surface area contributed by atoms with Crippen molar-refractivity contribution in [3.63, 3.8) is 0 Å². The molecule has 9 heteroatoms. The molecule has 0 radical (unpaired) electrons. The van der Waals surface area contributed by atoms with E-state index in [1.165, 1.54) is 42.5 Å². The highest BCUT2D eigenvalue weighted by Gasteiger charge is 2.12. The maximum absolute atomic E-state index is 12.8. The van der Waals surface area contributed by atoms with Gasteiger partial charge in [0.2, 0.25) is 0 Å². The minimum absolute atomic E-state index is 0.208. The second-order valence-corrected chi connectivity index (χ2v) is 5.84. The second kappa shape index (κ2) is 9.17. The number of hydrogen-bond acceptors (Lipinski definition) is 4. The Morgan fingerprint density at radius 1 is 1.00 bits per heavy atom. The number of anilines is 1. The van der Waals surface area contributed by atoms with Crippen molar-refractivity contribution in [2.24, 2.45) is 0 Å². The predicted octanol–water partition coefficient (Wildman–Crippen LogP) is 3.04. The SMILES string of the molecule is O=C(COC(=O)CNC(=O)c1ccc(Cl)c(Cl)c1)Nc1ccc(F)cc1. The number of esters is 1. The molecule has 0 bridgehead atoms. The zero-order valence-electron chi connectivity index (χ0n) is 13.2. The van der Waals surface area contributed by atoms with Gasteiger partial charge < -0.3 is 15.4 Å². The summed E-state index contributed by atoms with van der Waals surface area (Å²) in [5.74, 6) is -2.38. The maximum Gasteiger partial charge on any atom is 0.325 e. The van der Waals surface area contributed by atoms with Crippen LogP contribution in [0.2, 0.25) is 10.0 Å². The zero-order chi connectivity index (χ0) is 19.1. The molecular weight excluding hydrogens is 386 g/mol. The molecule has 0 spiro atoms. The molecule has 2 aromatic carbocycles. The van der Waals surface area contributed by atoms with Gasteiger partial charge in [-0.25, -0.2) is 4.39 Å². The molecule has 136 valence electrons. The van der Waals surface area contributed by atoms with E-state index in [9.17, 15) is 18.8 Å². The van der Waals surface area contributed by atoms with Gasteiger partial charge in [-0.15, -0.1) is 0 Å². The van der Waals surface area contributed by atoms with Crippen LogP contribution >= 0.6 is 23.2 Å². The molecule has 2 aromatic rings. The highest BCUT2D eigenvalue weighted by molar-refractivity contribution is 6.42. The maximum atomic E-state index is 12.8. The quantitative estimate of drug-likeness (QED) is 0.732. The van der Waals surface area contributed by atoms with Gasteiger partial charge in [-0.1, -0.05) is 23.2 Å². The second-order valence-electron chi connectivity index (χ2n) is 5.03. The van der Waals surface area contributed by atoms with E-state index in [4.69, 9.17) is 27.9 Å². The third-order valence-electron chi connectivity index (χ3n) is 3.07. The molecule has 2 N–H and O–H groups in total. The smallest absolute Gasteiger partial charge is 0.325 e. The van der Waals surface area contributed by atoms with E-state index >= 15 is 0 Å². The van der Waals surface area contributed by atoms with Crippen LogP contribution in [0.4, 0.5) is 10.1 Å². The van der Waals surface area contributed by atoms with Crippen LogP contribution in [0.25, 0.3) is 0 Å². The summed E-state index contributed by atoms with van der Waals surface area (Å²) in [5.41, 5.74) is 0.585. The van der Waals surface area contributed by atoms with E-state index in [2.05, 4.69) is 10.6 Å². The fraction of sp³-hybridized carbons (Fsp3) is 0.118. The minimum Gasteiger partial charge on any atom is -0.454 e. The Hall–Kier alpha value is -2.64. The summed E-state index contributed by atoms with van der Waals surface area (Å²) in [6.45, 7) is -0.970. The lowest BCUT2D eigenvalue weighted by Crippen LogP contribution is -2.32. The van der Waals surface area contributed by atoms with E-state index in [-0.39, 0.29) is 10.6 Å². The van der Waals surface area contributed by atoms with Crippen molar-refractivity contribution in [1.29, 1.82) is 0 Å². The van der Waals surface area contributed by atoms with Gasteiger partial charge in [-0.2, -0.15) is 0 Å². The number of carbonyl (C=O) groups is 3. The van der Waals surface area contributed by atoms with Crippen molar-refractivity contribution in [3.8, 4) is 0 Å². The van der Waals surface area contributed by atoms with E-state index in [0.717, 1.165) is 0 Å². The van der Waals surface area contributed by atoms with Crippen LogP contribution in [0, 0.1) is 5.82 Å². The Bertz CT molecular complexity index is 828. The van der Waals surface area contributed by atoms with Gasteiger partial charge in [-0.3, -0.25) is 14.4 Å². The molecule has 2 rings (SSSR count). The lowest BCUT2D eigenvalue weighted by atomic mass is 10.2. The minimum atomic E-state index is -0.798. The largest absolute Gasteiger partial charge is 0.454 e. The normalized spacial score (nSPS) is 10.1. The van der Waals surface area contributed by atoms with Gasteiger partial charge in [0.1, 0.15) is 12.4 Å². The summed E-state index contributed by atoms with van der Waals surface area (Å²) in [4.78, 5) is 35.1. The number of carbonyl (C=O) groups excluding carboxylic acids is 3. The Kier molecular flexibility index (Phi) is 6.94. The number of benzene rings is 2. The van der Waals surface area contributed by atoms with Gasteiger partial charge in [0.25, 0.3) is 11.8 Å². The van der Waals surface area contributed by atoms with Crippen LogP contribution < -0.4 is 10.6 Å². The molecule has 0 aliphatic rings. The first-order valence-corrected chi connectivity index (χ1v) is 8.05. The molecule has 2 amide bonds. The first kappa shape index (κ1) is 19.7. The van der Waals surface area contributed by atoms with Crippen molar-refractivity contribution in [3.05, 3.63) is 63.9 Å². The zero-order valence-corrected chi connectivity index (χ0v) is 14.7. The molecule has 0 saturated carbocycles. The topological polar surface area (TPSA) is 84.5 Å². The van der Waals surface area contributed by atoms with E-state index in [1.54, 1.807) is 0 Å². The summed E-state index contributed by atoms with van der Waals surface area (Å²) in [7, 11) is 0. The van der Waals surface area contributed by atoms with Crippen LogP contribution in [0.3, 0.4) is 0 Å². The summed E-state index contributed by atoms with van der Waals surface area (Å²) in [6.07, 6.45) is 0. The third kappa shape index (κ3) is 6.02. The molecule has 0 saturated heterocycles. The summed E-state index contributed by atoms with van der Waals surface area (Å²) in [6, 6.07) is 9.36. The fourth-order valence-corrected chi connectivity index (χ4v) is 2.12. The number of rotatable bonds is 6. The lowest BCUT2D eigenvalue weighted by molar-refractivity contribution is -0.146. The number of halogens is 3. The van der Waals surface area contributed by atoms with Crippen LogP contribution in [0.1, 0.15) is 10.4 Å². The summed E-state index contributed by atoms with van der Waals surface area (Å²) >= 11 is 11.6. The molecule has 0 atom stereocenters. The van der Waals surface area contributed by atoms with Gasteiger partial charge in [-0.05, 0) is 42.5 Å². The predicted molar refractivity (Wildman–Crippen MR) is 94.8 cm³/mol. The van der Waals surface area contributed by atoms with Crippen LogP contribution in [-0.4, -0.2) is 30.9 Å². The van der Waals surface area contributed by atoms with Crippen molar-refractivity contribution >= 4 is 46.7 Å². The molecule has 26 heavy (non-hydrogen) atoms. The fourth-order valence-electron chi connectivity index (χ4n) is 1.82. The Morgan fingerprint density at radius 2 is 1.69 bits per heavy atom. The number of amides is 2. The van der Waals surface area contributed by atoms with E-state index in [1.807, 2.05) is 0 Å². The standard InChI is InChI=1S/C17H13Cl2FN2O4/c18-13-6-1-10(7-14(13)19)17(25)21-8-16(24)26-9-15(23)22-12-4-2-11(20)3-5-12/h1-7H,8-9H2,(H,21,25)(H,22,23). The first-order chi connectivity index (χ1) is 12.3. The summed E-state index contributed by atoms with van der Waals surface area (Å²) < 4.78 is 17.5. The van der Waals surface area contributed by atoms with Crippen molar-refractivity contribution in [1.82, 2.24) is 5.32 Å². The number of nitrogens with one attached hydrogen (secondary N) is 2. The van der Waals surface area contributed by atoms with E-state index < -0.39 is 36.8 Å². The average molecular weight is 399 g/mol. The molecular formula is C17H13Cl2FN2O4.